The van der Waals surface area contributed by atoms with E-state index in [1.807, 2.05) is 12.1 Å². The fraction of sp³-hybridized carbons (Fsp3) is 0.500. The second-order valence-electron chi connectivity index (χ2n) is 5.36. The summed E-state index contributed by atoms with van der Waals surface area (Å²) in [5.74, 6) is 1.42. The molecule has 1 fully saturated rings. The molecule has 1 aliphatic carbocycles. The average molecular weight is 304 g/mol. The molecule has 2 unspecified atom stereocenters. The van der Waals surface area contributed by atoms with Crippen LogP contribution in [0.5, 0.6) is 0 Å². The minimum Gasteiger partial charge on any atom is -0.393 e. The topological polar surface area (TPSA) is 73.1 Å². The Kier molecular flexibility index (Phi) is 6.09. The zero-order valence-electron chi connectivity index (χ0n) is 11.9. The third-order valence-corrected chi connectivity index (χ3v) is 4.77. The highest BCUT2D eigenvalue weighted by Crippen LogP contribution is 2.24. The van der Waals surface area contributed by atoms with E-state index in [4.69, 9.17) is 5.26 Å². The summed E-state index contributed by atoms with van der Waals surface area (Å²) in [6.07, 6.45) is 2.65. The van der Waals surface area contributed by atoms with Gasteiger partial charge in [0.1, 0.15) is 0 Å². The average Bonchev–Trinajstić information content (AvgIpc) is 2.91. The molecular formula is C16H20N2O2S. The predicted molar refractivity (Wildman–Crippen MR) is 83.7 cm³/mol. The first-order valence-corrected chi connectivity index (χ1v) is 8.36. The molecule has 4 nitrogen and oxygen atoms in total. The number of thioether (sulfide) groups is 1. The van der Waals surface area contributed by atoms with Crippen molar-refractivity contribution in [3.63, 3.8) is 0 Å². The van der Waals surface area contributed by atoms with Crippen LogP contribution in [0.3, 0.4) is 0 Å². The summed E-state index contributed by atoms with van der Waals surface area (Å²) in [6, 6.07) is 9.49. The molecule has 1 aromatic rings. The van der Waals surface area contributed by atoms with E-state index in [2.05, 4.69) is 11.4 Å². The molecule has 2 rings (SSSR count). The van der Waals surface area contributed by atoms with Gasteiger partial charge in [0.05, 0.1) is 23.5 Å². The lowest BCUT2D eigenvalue weighted by Crippen LogP contribution is -2.33. The molecule has 0 saturated heterocycles. The van der Waals surface area contributed by atoms with Gasteiger partial charge in [-0.15, -0.1) is 11.8 Å². The number of nitrogens with zero attached hydrogens (tertiary/aromatic N) is 1. The SMILES string of the molecule is N#Cc1ccc(CSCC(=O)NCC2CCCC2O)cc1. The standard InChI is InChI=1S/C16H20N2O2S/c17-8-12-4-6-13(7-5-12)10-21-11-16(20)18-9-14-2-1-3-15(14)19/h4-7,14-15,19H,1-3,9-11H2,(H,18,20). The molecule has 2 atom stereocenters. The van der Waals surface area contributed by atoms with Gasteiger partial charge in [0.2, 0.25) is 5.91 Å². The fourth-order valence-electron chi connectivity index (χ4n) is 2.49. The smallest absolute Gasteiger partial charge is 0.230 e. The number of hydrogen-bond donors (Lipinski definition) is 2. The van der Waals surface area contributed by atoms with Gasteiger partial charge in [-0.3, -0.25) is 4.79 Å². The van der Waals surface area contributed by atoms with Crippen molar-refractivity contribution in [3.05, 3.63) is 35.4 Å². The molecular weight excluding hydrogens is 284 g/mol. The van der Waals surface area contributed by atoms with Gasteiger partial charge in [0.15, 0.2) is 0 Å². The molecule has 0 aromatic heterocycles. The molecule has 0 spiro atoms. The first-order valence-electron chi connectivity index (χ1n) is 7.20. The van der Waals surface area contributed by atoms with E-state index < -0.39 is 0 Å². The number of nitrogens with one attached hydrogen (secondary N) is 1. The molecule has 1 amide bonds. The van der Waals surface area contributed by atoms with Crippen LogP contribution in [0.4, 0.5) is 0 Å². The Morgan fingerprint density at radius 1 is 1.38 bits per heavy atom. The van der Waals surface area contributed by atoms with E-state index in [0.717, 1.165) is 30.6 Å². The highest BCUT2D eigenvalue weighted by molar-refractivity contribution is 7.99. The maximum atomic E-state index is 11.7. The number of benzene rings is 1. The van der Waals surface area contributed by atoms with Gasteiger partial charge in [-0.1, -0.05) is 18.6 Å². The summed E-state index contributed by atoms with van der Waals surface area (Å²) in [5.41, 5.74) is 1.76. The molecule has 21 heavy (non-hydrogen) atoms. The van der Waals surface area contributed by atoms with Crippen molar-refractivity contribution in [2.24, 2.45) is 5.92 Å². The van der Waals surface area contributed by atoms with Crippen molar-refractivity contribution in [1.82, 2.24) is 5.32 Å². The third-order valence-electron chi connectivity index (χ3n) is 3.77. The van der Waals surface area contributed by atoms with Crippen molar-refractivity contribution in [2.45, 2.75) is 31.1 Å². The largest absolute Gasteiger partial charge is 0.393 e. The summed E-state index contributed by atoms with van der Waals surface area (Å²) in [7, 11) is 0. The van der Waals surface area contributed by atoms with E-state index >= 15 is 0 Å². The Hall–Kier alpha value is -1.51. The molecule has 0 bridgehead atoms. The van der Waals surface area contributed by atoms with Gasteiger partial charge in [0.25, 0.3) is 0 Å². The molecule has 2 N–H and O–H groups in total. The van der Waals surface area contributed by atoms with Gasteiger partial charge < -0.3 is 10.4 Å². The summed E-state index contributed by atoms with van der Waals surface area (Å²) in [4.78, 5) is 11.7. The van der Waals surface area contributed by atoms with E-state index in [1.165, 1.54) is 0 Å². The van der Waals surface area contributed by atoms with E-state index in [-0.39, 0.29) is 17.9 Å². The highest BCUT2D eigenvalue weighted by Gasteiger charge is 2.25. The van der Waals surface area contributed by atoms with Gasteiger partial charge in [-0.25, -0.2) is 0 Å². The minimum absolute atomic E-state index is 0.0211. The van der Waals surface area contributed by atoms with Crippen LogP contribution in [0.2, 0.25) is 0 Å². The molecule has 0 heterocycles. The van der Waals surface area contributed by atoms with Crippen LogP contribution in [-0.2, 0) is 10.5 Å². The van der Waals surface area contributed by atoms with Crippen molar-refractivity contribution in [1.29, 1.82) is 5.26 Å². The monoisotopic (exact) mass is 304 g/mol. The van der Waals surface area contributed by atoms with Crippen LogP contribution in [-0.4, -0.2) is 29.4 Å². The number of hydrogen-bond acceptors (Lipinski definition) is 4. The molecule has 1 saturated carbocycles. The van der Waals surface area contributed by atoms with E-state index in [0.29, 0.717) is 17.9 Å². The number of rotatable bonds is 6. The minimum atomic E-state index is -0.253. The molecule has 1 aliphatic rings. The predicted octanol–water partition coefficient (Wildman–Crippen LogP) is 2.07. The zero-order valence-corrected chi connectivity index (χ0v) is 12.7. The molecule has 0 aliphatic heterocycles. The molecule has 1 aromatic carbocycles. The lowest BCUT2D eigenvalue weighted by molar-refractivity contribution is -0.118. The zero-order chi connectivity index (χ0) is 15.1. The van der Waals surface area contributed by atoms with Crippen molar-refractivity contribution < 1.29 is 9.90 Å². The van der Waals surface area contributed by atoms with Gasteiger partial charge in [0, 0.05) is 18.2 Å². The quantitative estimate of drug-likeness (QED) is 0.844. The van der Waals surface area contributed by atoms with Crippen LogP contribution in [0, 0.1) is 17.2 Å². The van der Waals surface area contributed by atoms with Crippen LogP contribution in [0.1, 0.15) is 30.4 Å². The Morgan fingerprint density at radius 3 is 2.76 bits per heavy atom. The summed E-state index contributed by atoms with van der Waals surface area (Å²) < 4.78 is 0. The van der Waals surface area contributed by atoms with E-state index in [1.54, 1.807) is 23.9 Å². The van der Waals surface area contributed by atoms with E-state index in [9.17, 15) is 9.90 Å². The van der Waals surface area contributed by atoms with Gasteiger partial charge >= 0.3 is 0 Å². The number of carbonyl (C=O) groups excluding carboxylic acids is 1. The summed E-state index contributed by atoms with van der Waals surface area (Å²) >= 11 is 1.55. The first-order chi connectivity index (χ1) is 10.2. The Morgan fingerprint density at radius 2 is 2.14 bits per heavy atom. The summed E-state index contributed by atoms with van der Waals surface area (Å²) in [6.45, 7) is 0.581. The fourth-order valence-corrected chi connectivity index (χ4v) is 3.31. The van der Waals surface area contributed by atoms with Gasteiger partial charge in [-0.2, -0.15) is 5.26 Å². The Labute approximate surface area is 129 Å². The first kappa shape index (κ1) is 15.9. The lowest BCUT2D eigenvalue weighted by atomic mass is 10.1. The number of aliphatic hydroxyl groups excluding tert-OH is 1. The molecule has 0 radical (unpaired) electrons. The number of nitriles is 1. The van der Waals surface area contributed by atoms with Gasteiger partial charge in [-0.05, 0) is 30.5 Å². The summed E-state index contributed by atoms with van der Waals surface area (Å²) in [5, 5.41) is 21.3. The maximum Gasteiger partial charge on any atom is 0.230 e. The highest BCUT2D eigenvalue weighted by atomic mass is 32.2. The van der Waals surface area contributed by atoms with Crippen LogP contribution >= 0.6 is 11.8 Å². The number of aliphatic hydroxyl groups is 1. The maximum absolute atomic E-state index is 11.7. The Bertz CT molecular complexity index is 510. The second-order valence-corrected chi connectivity index (χ2v) is 6.35. The molecule has 5 heteroatoms. The van der Waals surface area contributed by atoms with Crippen LogP contribution in [0.25, 0.3) is 0 Å². The number of amides is 1. The Balaban J connectivity index is 1.63. The number of carbonyl (C=O) groups is 1. The second kappa shape index (κ2) is 8.06. The van der Waals surface area contributed by atoms with Crippen molar-refractivity contribution in [3.8, 4) is 6.07 Å². The lowest BCUT2D eigenvalue weighted by Gasteiger charge is -2.14. The van der Waals surface area contributed by atoms with Crippen LogP contribution < -0.4 is 5.32 Å². The third kappa shape index (κ3) is 5.07. The normalized spacial score (nSPS) is 21.0. The van der Waals surface area contributed by atoms with Crippen molar-refractivity contribution in [2.75, 3.05) is 12.3 Å². The molecule has 112 valence electrons. The van der Waals surface area contributed by atoms with Crippen molar-refractivity contribution >= 4 is 17.7 Å². The van der Waals surface area contributed by atoms with Crippen LogP contribution in [0.15, 0.2) is 24.3 Å².